The van der Waals surface area contributed by atoms with Crippen LogP contribution >= 0.6 is 0 Å². The van der Waals surface area contributed by atoms with Gasteiger partial charge in [0.1, 0.15) is 5.69 Å². The van der Waals surface area contributed by atoms with E-state index in [1.54, 1.807) is 12.1 Å². The van der Waals surface area contributed by atoms with E-state index in [4.69, 9.17) is 0 Å². The van der Waals surface area contributed by atoms with E-state index >= 15 is 0 Å². The van der Waals surface area contributed by atoms with Gasteiger partial charge < -0.3 is 10.6 Å². The average molecular weight is 395 g/mol. The Morgan fingerprint density at radius 3 is 2.14 bits per heavy atom. The quantitative estimate of drug-likeness (QED) is 0.640. The lowest BCUT2D eigenvalue weighted by Crippen LogP contribution is -2.17. The lowest BCUT2D eigenvalue weighted by Gasteiger charge is -2.09. The molecule has 0 unspecified atom stereocenters. The Kier molecular flexibility index (Phi) is 5.97. The third kappa shape index (κ3) is 5.01. The highest BCUT2D eigenvalue weighted by atomic mass is 19.2. The van der Waals surface area contributed by atoms with Crippen molar-refractivity contribution in [2.24, 2.45) is 0 Å². The van der Waals surface area contributed by atoms with Crippen molar-refractivity contribution in [3.8, 4) is 0 Å². The van der Waals surface area contributed by atoms with Crippen LogP contribution in [-0.4, -0.2) is 16.8 Å². The van der Waals surface area contributed by atoms with Crippen molar-refractivity contribution in [1.29, 1.82) is 0 Å². The molecule has 0 spiro atoms. The molecule has 2 aromatic carbocycles. The van der Waals surface area contributed by atoms with Crippen LogP contribution in [0.1, 0.15) is 46.2 Å². The highest BCUT2D eigenvalue weighted by molar-refractivity contribution is 6.07. The summed E-state index contributed by atoms with van der Waals surface area (Å²) in [5.74, 6) is -2.74. The molecular weight excluding hydrogens is 376 g/mol. The summed E-state index contributed by atoms with van der Waals surface area (Å²) in [6.45, 7) is 4.16. The van der Waals surface area contributed by atoms with Crippen LogP contribution < -0.4 is 10.6 Å². The molecule has 0 aliphatic carbocycles. The Bertz CT molecular complexity index is 1050. The normalized spacial score (nSPS) is 10.7. The molecule has 29 heavy (non-hydrogen) atoms. The molecule has 0 atom stereocenters. The van der Waals surface area contributed by atoms with Crippen molar-refractivity contribution in [2.45, 2.75) is 19.8 Å². The number of benzene rings is 2. The molecule has 0 radical (unpaired) electrons. The van der Waals surface area contributed by atoms with E-state index in [0.717, 1.165) is 17.7 Å². The number of carbonyl (C=O) groups excluding carboxylic acids is 2. The van der Waals surface area contributed by atoms with Gasteiger partial charge in [0, 0.05) is 29.2 Å². The van der Waals surface area contributed by atoms with Crippen LogP contribution in [0.5, 0.6) is 0 Å². The number of aromatic nitrogens is 1. The van der Waals surface area contributed by atoms with Gasteiger partial charge in [-0.3, -0.25) is 14.6 Å². The van der Waals surface area contributed by atoms with Crippen molar-refractivity contribution in [3.05, 3.63) is 89.2 Å². The smallest absolute Gasteiger partial charge is 0.274 e. The van der Waals surface area contributed by atoms with Crippen LogP contribution in [0.3, 0.4) is 0 Å². The fraction of sp³-hybridized carbons (Fsp3) is 0.136. The van der Waals surface area contributed by atoms with Gasteiger partial charge in [-0.2, -0.15) is 0 Å². The molecule has 2 amide bonds. The van der Waals surface area contributed by atoms with Crippen molar-refractivity contribution >= 4 is 23.2 Å². The van der Waals surface area contributed by atoms with Crippen LogP contribution in [0, 0.1) is 11.6 Å². The molecule has 0 bridgehead atoms. The van der Waals surface area contributed by atoms with Crippen LogP contribution in [0.25, 0.3) is 0 Å². The number of pyridine rings is 1. The van der Waals surface area contributed by atoms with Gasteiger partial charge in [-0.15, -0.1) is 0 Å². The van der Waals surface area contributed by atoms with Gasteiger partial charge in [0.15, 0.2) is 11.6 Å². The zero-order chi connectivity index (χ0) is 21.0. The van der Waals surface area contributed by atoms with E-state index in [1.165, 1.54) is 24.4 Å². The Morgan fingerprint density at radius 2 is 1.48 bits per heavy atom. The molecule has 0 fully saturated rings. The summed E-state index contributed by atoms with van der Waals surface area (Å²) in [7, 11) is 0. The third-order valence-corrected chi connectivity index (χ3v) is 4.27. The van der Waals surface area contributed by atoms with E-state index in [2.05, 4.69) is 29.5 Å². The van der Waals surface area contributed by atoms with E-state index < -0.39 is 23.4 Å². The number of anilines is 2. The molecular formula is C22H19F2N3O2. The molecule has 5 nitrogen and oxygen atoms in total. The van der Waals surface area contributed by atoms with Gasteiger partial charge in [-0.25, -0.2) is 8.78 Å². The largest absolute Gasteiger partial charge is 0.322 e. The van der Waals surface area contributed by atoms with Crippen LogP contribution in [0.4, 0.5) is 20.2 Å². The monoisotopic (exact) mass is 395 g/mol. The SMILES string of the molecule is CC(C)c1ccc(NC(=O)c2cc(C(=O)Nc3ccc(F)c(F)c3)ccn2)cc1. The summed E-state index contributed by atoms with van der Waals surface area (Å²) in [4.78, 5) is 28.8. The standard InChI is InChI=1S/C22H19F2N3O2/c1-13(2)14-3-5-16(6-4-14)26-22(29)20-11-15(9-10-25-20)21(28)27-17-7-8-18(23)19(24)12-17/h3-13H,1-2H3,(H,26,29)(H,27,28). The second kappa shape index (κ2) is 8.60. The van der Waals surface area contributed by atoms with Crippen LogP contribution in [0.2, 0.25) is 0 Å². The van der Waals surface area contributed by atoms with Crippen molar-refractivity contribution < 1.29 is 18.4 Å². The summed E-state index contributed by atoms with van der Waals surface area (Å²) in [5, 5.41) is 5.18. The predicted octanol–water partition coefficient (Wildman–Crippen LogP) is 4.99. The maximum Gasteiger partial charge on any atom is 0.274 e. The van der Waals surface area contributed by atoms with Crippen molar-refractivity contribution in [2.75, 3.05) is 10.6 Å². The van der Waals surface area contributed by atoms with Crippen LogP contribution in [0.15, 0.2) is 60.8 Å². The maximum atomic E-state index is 13.3. The fourth-order valence-electron chi connectivity index (χ4n) is 2.62. The van der Waals surface area contributed by atoms with Gasteiger partial charge in [-0.05, 0) is 47.9 Å². The minimum atomic E-state index is -1.07. The summed E-state index contributed by atoms with van der Waals surface area (Å²) >= 11 is 0. The number of nitrogens with one attached hydrogen (secondary N) is 2. The lowest BCUT2D eigenvalue weighted by molar-refractivity contribution is 0.102. The predicted molar refractivity (Wildman–Crippen MR) is 107 cm³/mol. The maximum absolute atomic E-state index is 13.3. The first-order chi connectivity index (χ1) is 13.8. The molecule has 2 N–H and O–H groups in total. The number of amides is 2. The molecule has 7 heteroatoms. The third-order valence-electron chi connectivity index (χ3n) is 4.27. The number of carbonyl (C=O) groups is 2. The Morgan fingerprint density at radius 1 is 0.828 bits per heavy atom. The fourth-order valence-corrected chi connectivity index (χ4v) is 2.62. The first kappa shape index (κ1) is 20.1. The van der Waals surface area contributed by atoms with Gasteiger partial charge in [0.2, 0.25) is 0 Å². The first-order valence-electron chi connectivity index (χ1n) is 8.97. The summed E-state index contributed by atoms with van der Waals surface area (Å²) in [6, 6.07) is 13.2. The molecule has 0 saturated carbocycles. The highest BCUT2D eigenvalue weighted by Crippen LogP contribution is 2.18. The molecule has 148 valence electrons. The number of halogens is 2. The Balaban J connectivity index is 1.71. The van der Waals surface area contributed by atoms with E-state index in [1.807, 2.05) is 12.1 Å². The van der Waals surface area contributed by atoms with E-state index in [-0.39, 0.29) is 16.9 Å². The first-order valence-corrected chi connectivity index (χ1v) is 8.97. The van der Waals surface area contributed by atoms with Gasteiger partial charge >= 0.3 is 0 Å². The van der Waals surface area contributed by atoms with Crippen LogP contribution in [-0.2, 0) is 0 Å². The molecule has 1 aromatic heterocycles. The second-order valence-corrected chi connectivity index (χ2v) is 6.74. The minimum absolute atomic E-state index is 0.0517. The number of hydrogen-bond acceptors (Lipinski definition) is 3. The molecule has 0 aliphatic heterocycles. The van der Waals surface area contributed by atoms with Gasteiger partial charge in [0.25, 0.3) is 11.8 Å². The zero-order valence-electron chi connectivity index (χ0n) is 15.9. The number of rotatable bonds is 5. The van der Waals surface area contributed by atoms with Crippen molar-refractivity contribution in [1.82, 2.24) is 4.98 Å². The average Bonchev–Trinajstić information content (AvgIpc) is 2.71. The zero-order valence-corrected chi connectivity index (χ0v) is 15.9. The Hall–Kier alpha value is -3.61. The number of hydrogen-bond donors (Lipinski definition) is 2. The Labute approximate surface area is 166 Å². The van der Waals surface area contributed by atoms with Crippen molar-refractivity contribution in [3.63, 3.8) is 0 Å². The molecule has 0 aliphatic rings. The molecule has 3 rings (SSSR count). The van der Waals surface area contributed by atoms with E-state index in [0.29, 0.717) is 11.6 Å². The number of nitrogens with zero attached hydrogens (tertiary/aromatic N) is 1. The lowest BCUT2D eigenvalue weighted by atomic mass is 10.0. The summed E-state index contributed by atoms with van der Waals surface area (Å²) in [5.41, 5.74) is 2.07. The molecule has 0 saturated heterocycles. The van der Waals surface area contributed by atoms with Gasteiger partial charge in [-0.1, -0.05) is 26.0 Å². The minimum Gasteiger partial charge on any atom is -0.322 e. The highest BCUT2D eigenvalue weighted by Gasteiger charge is 2.13. The van der Waals surface area contributed by atoms with E-state index in [9.17, 15) is 18.4 Å². The van der Waals surface area contributed by atoms with Gasteiger partial charge in [0.05, 0.1) is 0 Å². The summed E-state index contributed by atoms with van der Waals surface area (Å²) < 4.78 is 26.3. The topological polar surface area (TPSA) is 71.1 Å². The summed E-state index contributed by atoms with van der Waals surface area (Å²) in [6.07, 6.45) is 1.33. The molecule has 1 heterocycles. The molecule has 3 aromatic rings. The second-order valence-electron chi connectivity index (χ2n) is 6.74.